The van der Waals surface area contributed by atoms with Gasteiger partial charge in [0.25, 0.3) is 0 Å². The van der Waals surface area contributed by atoms with Gasteiger partial charge in [0.2, 0.25) is 0 Å². The van der Waals surface area contributed by atoms with Crippen LogP contribution in [-0.4, -0.2) is 56.7 Å². The summed E-state index contributed by atoms with van der Waals surface area (Å²) >= 11 is 0. The fraction of sp³-hybridized carbons (Fsp3) is 0.421. The molecule has 0 bridgehead atoms. The predicted octanol–water partition coefficient (Wildman–Crippen LogP) is 1.68. The zero-order valence-corrected chi connectivity index (χ0v) is 15.3. The Balaban J connectivity index is 1.32. The molecule has 136 valence electrons. The Morgan fingerprint density at radius 2 is 2.27 bits per heavy atom. The molecule has 4 heterocycles. The van der Waals surface area contributed by atoms with Gasteiger partial charge in [-0.05, 0) is 24.1 Å². The summed E-state index contributed by atoms with van der Waals surface area (Å²) < 4.78 is 3.93. The highest BCUT2D eigenvalue weighted by Gasteiger charge is 2.26. The Bertz CT molecular complexity index is 874. The number of hydrogen-bond donors (Lipinski definition) is 1. The molecular formula is C19H25N7. The van der Waals surface area contributed by atoms with Crippen LogP contribution in [0.15, 0.2) is 48.0 Å². The summed E-state index contributed by atoms with van der Waals surface area (Å²) in [6.07, 6.45) is 10.2. The van der Waals surface area contributed by atoms with E-state index in [4.69, 9.17) is 0 Å². The summed E-state index contributed by atoms with van der Waals surface area (Å²) in [5, 5.41) is 7.78. The number of pyridine rings is 1. The lowest BCUT2D eigenvalue weighted by atomic mass is 10.0. The number of aromatic nitrogens is 4. The van der Waals surface area contributed by atoms with Crippen molar-refractivity contribution >= 4 is 11.6 Å². The first kappa shape index (κ1) is 16.6. The number of aryl methyl sites for hydroxylation is 1. The lowest BCUT2D eigenvalue weighted by Crippen LogP contribution is -2.40. The Labute approximate surface area is 153 Å². The standard InChI is InChI=1S/C19H25N7/c1-20-19(26-10-7-15(13-26)16-11-22-24(2)12-16)21-8-6-17-14-25-9-4-3-5-18(25)23-17/h3-5,9,11-12,14-15H,6-8,10,13H2,1-2H3,(H,20,21). The molecule has 7 heteroatoms. The second-order valence-corrected chi connectivity index (χ2v) is 6.80. The van der Waals surface area contributed by atoms with Gasteiger partial charge >= 0.3 is 0 Å². The van der Waals surface area contributed by atoms with Gasteiger partial charge in [-0.25, -0.2) is 4.98 Å². The zero-order valence-electron chi connectivity index (χ0n) is 15.3. The van der Waals surface area contributed by atoms with Crippen LogP contribution < -0.4 is 5.32 Å². The van der Waals surface area contributed by atoms with E-state index in [9.17, 15) is 0 Å². The molecule has 7 nitrogen and oxygen atoms in total. The second-order valence-electron chi connectivity index (χ2n) is 6.80. The first-order chi connectivity index (χ1) is 12.7. The molecule has 1 N–H and O–H groups in total. The lowest BCUT2D eigenvalue weighted by molar-refractivity contribution is 0.486. The van der Waals surface area contributed by atoms with Crippen molar-refractivity contribution in [2.75, 3.05) is 26.7 Å². The van der Waals surface area contributed by atoms with Crippen molar-refractivity contribution in [2.24, 2.45) is 12.0 Å². The Morgan fingerprint density at radius 3 is 3.04 bits per heavy atom. The molecule has 0 saturated carbocycles. The molecule has 1 aliphatic rings. The van der Waals surface area contributed by atoms with E-state index in [1.807, 2.05) is 49.4 Å². The highest BCUT2D eigenvalue weighted by Crippen LogP contribution is 2.26. The minimum Gasteiger partial charge on any atom is -0.356 e. The van der Waals surface area contributed by atoms with E-state index in [0.717, 1.165) is 49.8 Å². The average Bonchev–Trinajstić information content (AvgIpc) is 3.37. The molecule has 3 aromatic heterocycles. The van der Waals surface area contributed by atoms with Gasteiger partial charge in [-0.2, -0.15) is 5.10 Å². The lowest BCUT2D eigenvalue weighted by Gasteiger charge is -2.21. The number of aliphatic imine (C=N–C) groups is 1. The highest BCUT2D eigenvalue weighted by atomic mass is 15.3. The largest absolute Gasteiger partial charge is 0.356 e. The van der Waals surface area contributed by atoms with E-state index in [0.29, 0.717) is 5.92 Å². The average molecular weight is 351 g/mol. The topological polar surface area (TPSA) is 62.8 Å². The van der Waals surface area contributed by atoms with E-state index in [2.05, 4.69) is 42.1 Å². The summed E-state index contributed by atoms with van der Waals surface area (Å²) in [6, 6.07) is 6.06. The summed E-state index contributed by atoms with van der Waals surface area (Å²) in [6.45, 7) is 2.83. The molecule has 0 amide bonds. The Kier molecular flexibility index (Phi) is 4.60. The molecule has 0 aromatic carbocycles. The smallest absolute Gasteiger partial charge is 0.193 e. The maximum Gasteiger partial charge on any atom is 0.193 e. The summed E-state index contributed by atoms with van der Waals surface area (Å²) in [5.74, 6) is 1.50. The molecule has 26 heavy (non-hydrogen) atoms. The van der Waals surface area contributed by atoms with E-state index < -0.39 is 0 Å². The normalized spacial score (nSPS) is 18.0. The number of hydrogen-bond acceptors (Lipinski definition) is 3. The van der Waals surface area contributed by atoms with Crippen molar-refractivity contribution in [1.82, 2.24) is 29.4 Å². The maximum atomic E-state index is 4.65. The molecule has 0 radical (unpaired) electrons. The minimum atomic E-state index is 0.528. The van der Waals surface area contributed by atoms with Gasteiger partial charge in [0, 0.05) is 64.7 Å². The molecule has 1 saturated heterocycles. The number of nitrogens with zero attached hydrogens (tertiary/aromatic N) is 6. The Morgan fingerprint density at radius 1 is 1.35 bits per heavy atom. The van der Waals surface area contributed by atoms with Crippen LogP contribution in [0.1, 0.15) is 23.6 Å². The van der Waals surface area contributed by atoms with Crippen LogP contribution in [-0.2, 0) is 13.5 Å². The predicted molar refractivity (Wildman–Crippen MR) is 102 cm³/mol. The van der Waals surface area contributed by atoms with Crippen LogP contribution in [0.5, 0.6) is 0 Å². The molecular weight excluding hydrogens is 326 g/mol. The van der Waals surface area contributed by atoms with Crippen LogP contribution >= 0.6 is 0 Å². The van der Waals surface area contributed by atoms with Crippen molar-refractivity contribution in [2.45, 2.75) is 18.8 Å². The molecule has 1 unspecified atom stereocenters. The van der Waals surface area contributed by atoms with Crippen molar-refractivity contribution in [3.8, 4) is 0 Å². The molecule has 0 aliphatic carbocycles. The van der Waals surface area contributed by atoms with Crippen LogP contribution in [0, 0.1) is 0 Å². The van der Waals surface area contributed by atoms with Crippen molar-refractivity contribution in [1.29, 1.82) is 0 Å². The molecule has 0 spiro atoms. The number of nitrogens with one attached hydrogen (secondary N) is 1. The van der Waals surface area contributed by atoms with Gasteiger partial charge < -0.3 is 14.6 Å². The first-order valence-electron chi connectivity index (χ1n) is 9.09. The fourth-order valence-electron chi connectivity index (χ4n) is 3.62. The van der Waals surface area contributed by atoms with Crippen LogP contribution in [0.3, 0.4) is 0 Å². The van der Waals surface area contributed by atoms with Gasteiger partial charge in [-0.3, -0.25) is 9.67 Å². The SMILES string of the molecule is CN=C(NCCc1cn2ccccc2n1)N1CCC(c2cnn(C)c2)C1. The van der Waals surface area contributed by atoms with Gasteiger partial charge in [-0.1, -0.05) is 6.07 Å². The van der Waals surface area contributed by atoms with Gasteiger partial charge in [0.05, 0.1) is 11.9 Å². The fourth-order valence-corrected chi connectivity index (χ4v) is 3.62. The van der Waals surface area contributed by atoms with E-state index in [-0.39, 0.29) is 0 Å². The molecule has 1 atom stereocenters. The van der Waals surface area contributed by atoms with Crippen LogP contribution in [0.4, 0.5) is 0 Å². The van der Waals surface area contributed by atoms with Crippen molar-refractivity contribution in [3.63, 3.8) is 0 Å². The quantitative estimate of drug-likeness (QED) is 0.574. The van der Waals surface area contributed by atoms with Crippen molar-refractivity contribution < 1.29 is 0 Å². The molecule has 4 rings (SSSR count). The van der Waals surface area contributed by atoms with Crippen LogP contribution in [0.2, 0.25) is 0 Å². The van der Waals surface area contributed by atoms with Gasteiger partial charge in [0.1, 0.15) is 5.65 Å². The van der Waals surface area contributed by atoms with Crippen molar-refractivity contribution in [3.05, 3.63) is 54.2 Å². The van der Waals surface area contributed by atoms with E-state index in [1.54, 1.807) is 0 Å². The number of fused-ring (bicyclic) bond motifs is 1. The number of guanidine groups is 1. The van der Waals surface area contributed by atoms with Crippen LogP contribution in [0.25, 0.3) is 5.65 Å². The maximum absolute atomic E-state index is 4.65. The molecule has 3 aromatic rings. The zero-order chi connectivity index (χ0) is 17.9. The summed E-state index contributed by atoms with van der Waals surface area (Å²) in [4.78, 5) is 11.4. The summed E-state index contributed by atoms with van der Waals surface area (Å²) in [7, 11) is 3.82. The molecule has 1 aliphatic heterocycles. The number of imidazole rings is 1. The summed E-state index contributed by atoms with van der Waals surface area (Å²) in [5.41, 5.74) is 3.40. The third-order valence-electron chi connectivity index (χ3n) is 4.97. The third-order valence-corrected chi connectivity index (χ3v) is 4.97. The third kappa shape index (κ3) is 3.42. The van der Waals surface area contributed by atoms with Gasteiger partial charge in [0.15, 0.2) is 5.96 Å². The highest BCUT2D eigenvalue weighted by molar-refractivity contribution is 5.80. The minimum absolute atomic E-state index is 0.528. The number of likely N-dealkylation sites (tertiary alicyclic amines) is 1. The van der Waals surface area contributed by atoms with E-state index >= 15 is 0 Å². The van der Waals surface area contributed by atoms with Gasteiger partial charge in [-0.15, -0.1) is 0 Å². The monoisotopic (exact) mass is 351 g/mol. The van der Waals surface area contributed by atoms with E-state index in [1.165, 1.54) is 5.56 Å². The second kappa shape index (κ2) is 7.19. The first-order valence-corrected chi connectivity index (χ1v) is 9.09. The Hall–Kier alpha value is -2.83. The number of rotatable bonds is 4. The molecule has 1 fully saturated rings.